The first-order valence-electron chi connectivity index (χ1n) is 7.85. The van der Waals surface area contributed by atoms with Crippen molar-refractivity contribution in [1.29, 1.82) is 0 Å². The smallest absolute Gasteiger partial charge is 0.0626 e. The van der Waals surface area contributed by atoms with Crippen LogP contribution in [0.1, 0.15) is 25.5 Å². The molecular weight excluding hydrogens is 274 g/mol. The van der Waals surface area contributed by atoms with E-state index in [2.05, 4.69) is 63.6 Å². The maximum Gasteiger partial charge on any atom is 0.0626 e. The summed E-state index contributed by atoms with van der Waals surface area (Å²) in [5.41, 5.74) is 1.62. The Balaban J connectivity index is 2.98. The summed E-state index contributed by atoms with van der Waals surface area (Å²) >= 11 is 0. The molecule has 0 radical (unpaired) electrons. The van der Waals surface area contributed by atoms with Crippen molar-refractivity contribution in [2.24, 2.45) is 5.92 Å². The number of rotatable bonds is 8. The lowest BCUT2D eigenvalue weighted by Gasteiger charge is -2.39. The summed E-state index contributed by atoms with van der Waals surface area (Å²) in [7, 11) is -1.36. The molecule has 0 fully saturated rings. The quantitative estimate of drug-likeness (QED) is 0.556. The Morgan fingerprint density at radius 2 is 1.76 bits per heavy atom. The van der Waals surface area contributed by atoms with Gasteiger partial charge in [-0.05, 0) is 17.0 Å². The van der Waals surface area contributed by atoms with Gasteiger partial charge in [-0.2, -0.15) is 0 Å². The predicted molar refractivity (Wildman–Crippen MR) is 95.3 cm³/mol. The summed E-state index contributed by atoms with van der Waals surface area (Å²) in [5, 5.41) is 13.5. The van der Waals surface area contributed by atoms with Crippen molar-refractivity contribution in [2.75, 3.05) is 6.61 Å². The molecule has 1 aromatic carbocycles. The molecule has 0 aromatic heterocycles. The van der Waals surface area contributed by atoms with Gasteiger partial charge in [0.1, 0.15) is 0 Å². The van der Waals surface area contributed by atoms with Crippen LogP contribution in [0.2, 0.25) is 25.2 Å². The van der Waals surface area contributed by atoms with Gasteiger partial charge in [-0.15, -0.1) is 6.58 Å². The third-order valence-corrected chi connectivity index (χ3v) is 6.73. The van der Waals surface area contributed by atoms with Gasteiger partial charge < -0.3 is 10.4 Å². The molecule has 2 nitrogen and oxygen atoms in total. The molecule has 0 bridgehead atoms. The summed E-state index contributed by atoms with van der Waals surface area (Å²) in [6, 6.07) is 10.5. The average molecular weight is 306 g/mol. The fraction of sp³-hybridized carbons (Fsp3) is 0.556. The topological polar surface area (TPSA) is 32.3 Å². The molecule has 0 saturated carbocycles. The summed E-state index contributed by atoms with van der Waals surface area (Å²) < 4.78 is 0. The monoisotopic (exact) mass is 305 g/mol. The maximum absolute atomic E-state index is 9.79. The van der Waals surface area contributed by atoms with Crippen LogP contribution in [0.25, 0.3) is 0 Å². The minimum Gasteiger partial charge on any atom is -0.394 e. The molecule has 0 heterocycles. The van der Waals surface area contributed by atoms with Crippen LogP contribution in [0, 0.1) is 5.92 Å². The van der Waals surface area contributed by atoms with Crippen LogP contribution in [0.5, 0.6) is 0 Å². The van der Waals surface area contributed by atoms with E-state index in [0.29, 0.717) is 17.5 Å². The zero-order valence-corrected chi connectivity index (χ0v) is 15.1. The Morgan fingerprint density at radius 3 is 2.14 bits per heavy atom. The van der Waals surface area contributed by atoms with E-state index < -0.39 is 8.07 Å². The van der Waals surface area contributed by atoms with Crippen molar-refractivity contribution in [1.82, 2.24) is 5.32 Å². The Kier molecular flexibility index (Phi) is 6.85. The molecule has 3 atom stereocenters. The molecule has 1 aromatic rings. The molecule has 0 aliphatic rings. The first kappa shape index (κ1) is 18.1. The van der Waals surface area contributed by atoms with E-state index in [1.165, 1.54) is 0 Å². The lowest BCUT2D eigenvalue weighted by Crippen LogP contribution is -2.47. The third kappa shape index (κ3) is 5.10. The van der Waals surface area contributed by atoms with Gasteiger partial charge in [-0.3, -0.25) is 0 Å². The van der Waals surface area contributed by atoms with Crippen molar-refractivity contribution in [2.45, 2.75) is 51.1 Å². The van der Waals surface area contributed by atoms with Crippen molar-refractivity contribution in [3.63, 3.8) is 0 Å². The van der Waals surface area contributed by atoms with Crippen LogP contribution in [0.15, 0.2) is 43.0 Å². The molecular formula is C18H31NOSi. The number of aliphatic hydroxyl groups excluding tert-OH is 1. The zero-order chi connectivity index (χ0) is 16.0. The van der Waals surface area contributed by atoms with E-state index >= 15 is 0 Å². The second kappa shape index (κ2) is 7.92. The molecule has 2 N–H and O–H groups in total. The van der Waals surface area contributed by atoms with Crippen LogP contribution < -0.4 is 5.32 Å². The molecule has 118 valence electrons. The molecule has 0 aliphatic heterocycles. The first-order chi connectivity index (χ1) is 9.81. The number of aliphatic hydroxyl groups is 1. The summed E-state index contributed by atoms with van der Waals surface area (Å²) in [5.74, 6) is 0.498. The van der Waals surface area contributed by atoms with Crippen LogP contribution in [0.4, 0.5) is 0 Å². The normalized spacial score (nSPS) is 16.5. The highest BCUT2D eigenvalue weighted by molar-refractivity contribution is 6.78. The van der Waals surface area contributed by atoms with Crippen LogP contribution >= 0.6 is 0 Å². The molecule has 0 amide bonds. The van der Waals surface area contributed by atoms with Gasteiger partial charge in [0.25, 0.3) is 0 Å². The highest BCUT2D eigenvalue weighted by Gasteiger charge is 2.34. The fourth-order valence-corrected chi connectivity index (χ4v) is 5.19. The van der Waals surface area contributed by atoms with E-state index in [-0.39, 0.29) is 12.6 Å². The number of benzene rings is 1. The zero-order valence-electron chi connectivity index (χ0n) is 14.1. The minimum atomic E-state index is -1.36. The van der Waals surface area contributed by atoms with Gasteiger partial charge in [-0.1, -0.05) is 69.9 Å². The van der Waals surface area contributed by atoms with Crippen molar-refractivity contribution >= 4 is 8.07 Å². The van der Waals surface area contributed by atoms with Crippen molar-refractivity contribution < 1.29 is 5.11 Å². The predicted octanol–water partition coefficient (Wildman–Crippen LogP) is 4.23. The molecule has 0 saturated heterocycles. The Bertz CT molecular complexity index is 425. The summed E-state index contributed by atoms with van der Waals surface area (Å²) in [6.45, 7) is 15.8. The largest absolute Gasteiger partial charge is 0.394 e. The Morgan fingerprint density at radius 1 is 1.19 bits per heavy atom. The van der Waals surface area contributed by atoms with Gasteiger partial charge in [0.2, 0.25) is 0 Å². The van der Waals surface area contributed by atoms with Crippen LogP contribution in [-0.2, 0) is 0 Å². The summed E-state index contributed by atoms with van der Waals surface area (Å²) in [4.78, 5) is 0. The second-order valence-corrected chi connectivity index (χ2v) is 12.6. The molecule has 1 unspecified atom stereocenters. The number of hydrogen-bond acceptors (Lipinski definition) is 2. The standard InChI is InChI=1S/C18H31NOSi/c1-7-17(21(4,5)6)18(14(2)3)19-16(13-20)15-11-9-8-10-12-15/h7-12,14,16-20H,1,13H2,2-6H3/t16-,17?,18-/m0/s1. The SMILES string of the molecule is C=CC([C@@H](N[C@@H](CO)c1ccccc1)C(C)C)[Si](C)(C)C. The van der Waals surface area contributed by atoms with Gasteiger partial charge in [0.05, 0.1) is 20.7 Å². The lowest BCUT2D eigenvalue weighted by molar-refractivity contribution is 0.220. The highest BCUT2D eigenvalue weighted by Crippen LogP contribution is 2.32. The number of nitrogens with one attached hydrogen (secondary N) is 1. The molecule has 3 heteroatoms. The van der Waals surface area contributed by atoms with Crippen LogP contribution in [-0.4, -0.2) is 25.8 Å². The molecule has 0 aliphatic carbocycles. The molecule has 21 heavy (non-hydrogen) atoms. The van der Waals surface area contributed by atoms with Crippen molar-refractivity contribution in [3.05, 3.63) is 48.6 Å². The second-order valence-electron chi connectivity index (χ2n) is 7.21. The van der Waals surface area contributed by atoms with E-state index in [1.807, 2.05) is 18.2 Å². The maximum atomic E-state index is 9.79. The van der Waals surface area contributed by atoms with Gasteiger partial charge in [0, 0.05) is 6.04 Å². The first-order valence-corrected chi connectivity index (χ1v) is 11.4. The van der Waals surface area contributed by atoms with Gasteiger partial charge in [0.15, 0.2) is 0 Å². The van der Waals surface area contributed by atoms with Gasteiger partial charge >= 0.3 is 0 Å². The van der Waals surface area contributed by atoms with E-state index in [0.717, 1.165) is 5.56 Å². The lowest BCUT2D eigenvalue weighted by atomic mass is 9.97. The molecule has 1 rings (SSSR count). The third-order valence-electron chi connectivity index (χ3n) is 4.14. The van der Waals surface area contributed by atoms with Crippen molar-refractivity contribution in [3.8, 4) is 0 Å². The van der Waals surface area contributed by atoms with E-state index in [1.54, 1.807) is 0 Å². The summed E-state index contributed by atoms with van der Waals surface area (Å²) in [6.07, 6.45) is 2.11. The average Bonchev–Trinajstić information content (AvgIpc) is 2.42. The van der Waals surface area contributed by atoms with E-state index in [4.69, 9.17) is 0 Å². The minimum absolute atomic E-state index is 0.0163. The number of hydrogen-bond donors (Lipinski definition) is 2. The van der Waals surface area contributed by atoms with Gasteiger partial charge in [-0.25, -0.2) is 0 Å². The van der Waals surface area contributed by atoms with E-state index in [9.17, 15) is 5.11 Å². The Labute approximate surface area is 131 Å². The molecule has 0 spiro atoms. The van der Waals surface area contributed by atoms with Crippen LogP contribution in [0.3, 0.4) is 0 Å². The fourth-order valence-electron chi connectivity index (χ4n) is 2.92. The highest BCUT2D eigenvalue weighted by atomic mass is 28.3. The Hall–Kier alpha value is -0.903.